The van der Waals surface area contributed by atoms with Crippen LogP contribution in [-0.4, -0.2) is 21.2 Å². The van der Waals surface area contributed by atoms with Gasteiger partial charge in [-0.15, -0.1) is 0 Å². The Balaban J connectivity index is 1.62. The minimum Gasteiger partial charge on any atom is -0.347 e. The number of carbonyl (C=O) groups excluding carboxylic acids is 2. The maximum atomic E-state index is 13.0. The molecule has 2 aromatic carbocycles. The van der Waals surface area contributed by atoms with Crippen LogP contribution in [0.25, 0.3) is 5.52 Å². The van der Waals surface area contributed by atoms with E-state index in [0.717, 1.165) is 23.2 Å². The highest BCUT2D eigenvalue weighted by atomic mass is 16.2. The number of pyridine rings is 1. The van der Waals surface area contributed by atoms with Gasteiger partial charge >= 0.3 is 0 Å². The molecule has 0 saturated heterocycles. The molecule has 0 bridgehead atoms. The molecule has 2 amide bonds. The Morgan fingerprint density at radius 2 is 1.63 bits per heavy atom. The van der Waals surface area contributed by atoms with Gasteiger partial charge in [-0.05, 0) is 35.7 Å². The molecule has 2 heterocycles. The van der Waals surface area contributed by atoms with Crippen molar-refractivity contribution >= 4 is 23.0 Å². The van der Waals surface area contributed by atoms with Gasteiger partial charge in [0.25, 0.3) is 11.8 Å². The first-order valence-electron chi connectivity index (χ1n) is 9.86. The van der Waals surface area contributed by atoms with Crippen LogP contribution in [0.2, 0.25) is 0 Å². The van der Waals surface area contributed by atoms with Gasteiger partial charge in [-0.25, -0.2) is 4.98 Å². The highest BCUT2D eigenvalue weighted by molar-refractivity contribution is 6.06. The van der Waals surface area contributed by atoms with Gasteiger partial charge in [0.15, 0.2) is 5.69 Å². The van der Waals surface area contributed by atoms with Crippen molar-refractivity contribution in [2.24, 2.45) is 0 Å². The van der Waals surface area contributed by atoms with Crippen molar-refractivity contribution in [2.75, 3.05) is 5.32 Å². The molecule has 0 atom stereocenters. The van der Waals surface area contributed by atoms with Crippen molar-refractivity contribution < 1.29 is 9.59 Å². The number of benzene rings is 2. The molecule has 0 saturated carbocycles. The van der Waals surface area contributed by atoms with Gasteiger partial charge in [-0.2, -0.15) is 0 Å². The molecule has 0 aliphatic carbocycles. The number of carbonyl (C=O) groups is 2. The Morgan fingerprint density at radius 3 is 2.43 bits per heavy atom. The van der Waals surface area contributed by atoms with Crippen LogP contribution in [0.5, 0.6) is 0 Å². The van der Waals surface area contributed by atoms with Gasteiger partial charge in [-0.3, -0.25) is 14.0 Å². The summed E-state index contributed by atoms with van der Waals surface area (Å²) >= 11 is 0. The normalized spacial score (nSPS) is 10.7. The number of hydrogen-bond acceptors (Lipinski definition) is 3. The molecule has 0 unspecified atom stereocenters. The monoisotopic (exact) mass is 398 g/mol. The average molecular weight is 398 g/mol. The molecule has 4 aromatic rings. The summed E-state index contributed by atoms with van der Waals surface area (Å²) in [7, 11) is 0. The summed E-state index contributed by atoms with van der Waals surface area (Å²) in [5, 5.41) is 5.81. The van der Waals surface area contributed by atoms with Crippen LogP contribution in [0, 0.1) is 0 Å². The summed E-state index contributed by atoms with van der Waals surface area (Å²) < 4.78 is 1.64. The maximum Gasteiger partial charge on any atom is 0.292 e. The molecule has 0 spiro atoms. The van der Waals surface area contributed by atoms with Crippen LogP contribution >= 0.6 is 0 Å². The van der Waals surface area contributed by atoms with E-state index in [4.69, 9.17) is 0 Å². The van der Waals surface area contributed by atoms with E-state index in [2.05, 4.69) is 15.6 Å². The SMILES string of the molecule is CCc1ccccc1NC(=O)c1nc(C(=O)NCc2ccccc2)c2ccccn12. The van der Waals surface area contributed by atoms with Crippen LogP contribution in [0.3, 0.4) is 0 Å². The molecule has 2 N–H and O–H groups in total. The molecular weight excluding hydrogens is 376 g/mol. The van der Waals surface area contributed by atoms with Crippen LogP contribution in [0.1, 0.15) is 39.2 Å². The molecule has 0 aliphatic heterocycles. The van der Waals surface area contributed by atoms with E-state index in [1.54, 1.807) is 22.7 Å². The van der Waals surface area contributed by atoms with Gasteiger partial charge < -0.3 is 10.6 Å². The lowest BCUT2D eigenvalue weighted by Crippen LogP contribution is -2.23. The van der Waals surface area contributed by atoms with Crippen molar-refractivity contribution in [3.63, 3.8) is 0 Å². The zero-order valence-corrected chi connectivity index (χ0v) is 16.6. The fourth-order valence-electron chi connectivity index (χ4n) is 3.36. The molecular formula is C24H22N4O2. The van der Waals surface area contributed by atoms with Gasteiger partial charge in [-0.1, -0.05) is 61.5 Å². The van der Waals surface area contributed by atoms with Crippen molar-refractivity contribution in [1.82, 2.24) is 14.7 Å². The van der Waals surface area contributed by atoms with E-state index >= 15 is 0 Å². The number of rotatable bonds is 6. The quantitative estimate of drug-likeness (QED) is 0.514. The summed E-state index contributed by atoms with van der Waals surface area (Å²) in [6, 6.07) is 22.7. The van der Waals surface area contributed by atoms with E-state index < -0.39 is 0 Å². The molecule has 2 aromatic heterocycles. The van der Waals surface area contributed by atoms with E-state index in [1.165, 1.54) is 0 Å². The van der Waals surface area contributed by atoms with Crippen LogP contribution in [0.15, 0.2) is 79.0 Å². The molecule has 6 nitrogen and oxygen atoms in total. The van der Waals surface area contributed by atoms with E-state index in [-0.39, 0.29) is 23.3 Å². The third kappa shape index (κ3) is 3.93. The van der Waals surface area contributed by atoms with Gasteiger partial charge in [0.1, 0.15) is 0 Å². The largest absolute Gasteiger partial charge is 0.347 e. The summed E-state index contributed by atoms with van der Waals surface area (Å²) in [5.41, 5.74) is 3.57. The lowest BCUT2D eigenvalue weighted by molar-refractivity contribution is 0.0948. The fraction of sp³-hybridized carbons (Fsp3) is 0.125. The third-order valence-corrected chi connectivity index (χ3v) is 4.91. The number of anilines is 1. The van der Waals surface area contributed by atoms with Gasteiger partial charge in [0.2, 0.25) is 5.82 Å². The molecule has 150 valence electrons. The molecule has 6 heteroatoms. The second kappa shape index (κ2) is 8.61. The van der Waals surface area contributed by atoms with Crippen LogP contribution < -0.4 is 10.6 Å². The predicted octanol–water partition coefficient (Wildman–Crippen LogP) is 4.08. The molecule has 30 heavy (non-hydrogen) atoms. The molecule has 0 fully saturated rings. The number of nitrogens with one attached hydrogen (secondary N) is 2. The van der Waals surface area contributed by atoms with Crippen LogP contribution in [-0.2, 0) is 13.0 Å². The summed E-state index contributed by atoms with van der Waals surface area (Å²) in [6.45, 7) is 2.42. The minimum absolute atomic E-state index is 0.168. The minimum atomic E-state index is -0.362. The number of amides is 2. The third-order valence-electron chi connectivity index (χ3n) is 4.91. The maximum absolute atomic E-state index is 13.0. The fourth-order valence-corrected chi connectivity index (χ4v) is 3.36. The second-order valence-electron chi connectivity index (χ2n) is 6.87. The van der Waals surface area contributed by atoms with Gasteiger partial charge in [0.05, 0.1) is 5.52 Å². The standard InChI is InChI=1S/C24H22N4O2/c1-2-18-12-6-7-13-19(18)26-24(30)22-27-21(20-14-8-9-15-28(20)22)23(29)25-16-17-10-4-3-5-11-17/h3-15H,2,16H2,1H3,(H,25,29)(H,26,30). The first kappa shape index (κ1) is 19.4. The first-order valence-corrected chi connectivity index (χ1v) is 9.86. The van der Waals surface area contributed by atoms with Gasteiger partial charge in [0, 0.05) is 18.4 Å². The number of hydrogen-bond donors (Lipinski definition) is 2. The van der Waals surface area contributed by atoms with Crippen molar-refractivity contribution in [3.05, 3.63) is 102 Å². The number of aromatic nitrogens is 2. The van der Waals surface area contributed by atoms with Crippen molar-refractivity contribution in [1.29, 1.82) is 0 Å². The first-order chi connectivity index (χ1) is 14.7. The number of imidazole rings is 1. The van der Waals surface area contributed by atoms with E-state index in [0.29, 0.717) is 12.1 Å². The smallest absolute Gasteiger partial charge is 0.292 e. The summed E-state index contributed by atoms with van der Waals surface area (Å²) in [5.74, 6) is -0.517. The Kier molecular flexibility index (Phi) is 5.57. The molecule has 0 radical (unpaired) electrons. The van der Waals surface area contributed by atoms with Crippen molar-refractivity contribution in [2.45, 2.75) is 19.9 Å². The zero-order chi connectivity index (χ0) is 20.9. The zero-order valence-electron chi connectivity index (χ0n) is 16.6. The Morgan fingerprint density at radius 1 is 0.900 bits per heavy atom. The lowest BCUT2D eigenvalue weighted by Gasteiger charge is -2.08. The summed E-state index contributed by atoms with van der Waals surface area (Å²) in [4.78, 5) is 30.2. The Bertz CT molecular complexity index is 1200. The predicted molar refractivity (Wildman–Crippen MR) is 117 cm³/mol. The Labute approximate surface area is 174 Å². The van der Waals surface area contributed by atoms with Crippen LogP contribution in [0.4, 0.5) is 5.69 Å². The van der Waals surface area contributed by atoms with E-state index in [1.807, 2.05) is 67.6 Å². The topological polar surface area (TPSA) is 75.5 Å². The number of aryl methyl sites for hydroxylation is 1. The molecule has 4 rings (SSSR count). The Hall–Kier alpha value is -3.93. The van der Waals surface area contributed by atoms with Crippen molar-refractivity contribution in [3.8, 4) is 0 Å². The average Bonchev–Trinajstić information content (AvgIpc) is 3.18. The number of nitrogens with zero attached hydrogens (tertiary/aromatic N) is 2. The second-order valence-corrected chi connectivity index (χ2v) is 6.87. The lowest BCUT2D eigenvalue weighted by atomic mass is 10.1. The molecule has 0 aliphatic rings. The van der Waals surface area contributed by atoms with E-state index in [9.17, 15) is 9.59 Å². The number of para-hydroxylation sites is 1. The number of fused-ring (bicyclic) bond motifs is 1. The summed E-state index contributed by atoms with van der Waals surface area (Å²) in [6.07, 6.45) is 2.53. The highest BCUT2D eigenvalue weighted by Crippen LogP contribution is 2.18. The highest BCUT2D eigenvalue weighted by Gasteiger charge is 2.21.